The molecule has 2 nitrogen and oxygen atoms in total. The molecule has 0 heterocycles. The number of hydrogen-bond donors (Lipinski definition) is 0. The standard InChI is InChI=1S/C17H38NO/c1-5-7-9-11-12-13-15-18(3,4)17-19-16-14-10-8-6-2/h5-17H2,1-4H3/q+1. The van der Waals surface area contributed by atoms with Crippen LogP contribution in [0, 0.1) is 0 Å². The molecule has 0 spiro atoms. The normalized spacial score (nSPS) is 12.0. The van der Waals surface area contributed by atoms with Crippen LogP contribution in [0.2, 0.25) is 0 Å². The number of nitrogens with zero attached hydrogens (tertiary/aromatic N) is 1. The Bertz CT molecular complexity index is 162. The highest BCUT2D eigenvalue weighted by molar-refractivity contribution is 4.43. The third kappa shape index (κ3) is 14.1. The predicted molar refractivity (Wildman–Crippen MR) is 85.3 cm³/mol. The lowest BCUT2D eigenvalue weighted by Crippen LogP contribution is -2.42. The zero-order valence-electron chi connectivity index (χ0n) is 14.0. The maximum atomic E-state index is 5.81. The predicted octanol–water partition coefficient (Wildman–Crippen LogP) is 4.98. The summed E-state index contributed by atoms with van der Waals surface area (Å²) in [5.74, 6) is 0. The quantitative estimate of drug-likeness (QED) is 0.246. The van der Waals surface area contributed by atoms with E-state index >= 15 is 0 Å². The van der Waals surface area contributed by atoms with Crippen LogP contribution in [-0.4, -0.2) is 38.5 Å². The lowest BCUT2D eigenvalue weighted by Gasteiger charge is -2.29. The summed E-state index contributed by atoms with van der Waals surface area (Å²) in [6.45, 7) is 7.60. The Morgan fingerprint density at radius 1 is 0.684 bits per heavy atom. The topological polar surface area (TPSA) is 9.23 Å². The molecule has 0 atom stereocenters. The van der Waals surface area contributed by atoms with E-state index in [9.17, 15) is 0 Å². The molecule has 0 aromatic carbocycles. The molecular formula is C17H38NO+. The van der Waals surface area contributed by atoms with Gasteiger partial charge < -0.3 is 9.22 Å². The molecular weight excluding hydrogens is 234 g/mol. The van der Waals surface area contributed by atoms with Crippen LogP contribution in [0.15, 0.2) is 0 Å². The minimum Gasteiger partial charge on any atom is -0.332 e. The van der Waals surface area contributed by atoms with Gasteiger partial charge in [-0.25, -0.2) is 0 Å². The summed E-state index contributed by atoms with van der Waals surface area (Å²) in [7, 11) is 4.58. The SMILES string of the molecule is CCCCCCCC[N+](C)(C)COCCCCCC. The van der Waals surface area contributed by atoms with E-state index in [2.05, 4.69) is 27.9 Å². The van der Waals surface area contributed by atoms with Gasteiger partial charge in [0, 0.05) is 0 Å². The van der Waals surface area contributed by atoms with Crippen molar-refractivity contribution in [2.75, 3.05) is 34.0 Å². The van der Waals surface area contributed by atoms with Gasteiger partial charge in [-0.3, -0.25) is 0 Å². The second kappa shape index (κ2) is 12.9. The number of hydrogen-bond acceptors (Lipinski definition) is 1. The lowest BCUT2D eigenvalue weighted by molar-refractivity contribution is -0.909. The average Bonchev–Trinajstić information content (AvgIpc) is 2.38. The van der Waals surface area contributed by atoms with Crippen molar-refractivity contribution < 1.29 is 9.22 Å². The van der Waals surface area contributed by atoms with Crippen LogP contribution >= 0.6 is 0 Å². The van der Waals surface area contributed by atoms with Crippen LogP contribution in [-0.2, 0) is 4.74 Å². The summed E-state index contributed by atoms with van der Waals surface area (Å²) in [6.07, 6.45) is 13.5. The minimum absolute atomic E-state index is 0.876. The molecule has 0 aliphatic carbocycles. The molecule has 116 valence electrons. The van der Waals surface area contributed by atoms with Crippen molar-refractivity contribution in [1.82, 2.24) is 0 Å². The van der Waals surface area contributed by atoms with Gasteiger partial charge in [-0.1, -0.05) is 58.8 Å². The third-order valence-electron chi connectivity index (χ3n) is 3.70. The molecule has 0 aromatic heterocycles. The molecule has 0 aliphatic heterocycles. The van der Waals surface area contributed by atoms with E-state index < -0.39 is 0 Å². The van der Waals surface area contributed by atoms with Crippen molar-refractivity contribution >= 4 is 0 Å². The summed E-state index contributed by atoms with van der Waals surface area (Å²) in [5, 5.41) is 0. The Hall–Kier alpha value is -0.0800. The largest absolute Gasteiger partial charge is 0.332 e. The highest BCUT2D eigenvalue weighted by atomic mass is 16.5. The van der Waals surface area contributed by atoms with Gasteiger partial charge in [-0.2, -0.15) is 0 Å². The van der Waals surface area contributed by atoms with E-state index in [1.54, 1.807) is 0 Å². The van der Waals surface area contributed by atoms with Crippen LogP contribution in [0.4, 0.5) is 0 Å². The molecule has 2 heteroatoms. The molecule has 0 N–H and O–H groups in total. The molecule has 0 radical (unpaired) electrons. The Morgan fingerprint density at radius 2 is 1.21 bits per heavy atom. The maximum absolute atomic E-state index is 5.81. The molecule has 0 saturated carbocycles. The van der Waals surface area contributed by atoms with Gasteiger partial charge in [0.15, 0.2) is 6.73 Å². The van der Waals surface area contributed by atoms with Gasteiger partial charge in [0.05, 0.1) is 27.2 Å². The van der Waals surface area contributed by atoms with Crippen LogP contribution in [0.3, 0.4) is 0 Å². The summed E-state index contributed by atoms with van der Waals surface area (Å²) in [6, 6.07) is 0. The van der Waals surface area contributed by atoms with Crippen LogP contribution in [0.1, 0.15) is 78.1 Å². The van der Waals surface area contributed by atoms with Crippen molar-refractivity contribution in [3.63, 3.8) is 0 Å². The number of unbranched alkanes of at least 4 members (excludes halogenated alkanes) is 8. The Morgan fingerprint density at radius 3 is 1.84 bits per heavy atom. The molecule has 0 rings (SSSR count). The second-order valence-electron chi connectivity index (χ2n) is 6.53. The smallest absolute Gasteiger partial charge is 0.182 e. The van der Waals surface area contributed by atoms with Crippen LogP contribution < -0.4 is 0 Å². The van der Waals surface area contributed by atoms with Gasteiger partial charge >= 0.3 is 0 Å². The van der Waals surface area contributed by atoms with Crippen molar-refractivity contribution in [1.29, 1.82) is 0 Å². The molecule has 19 heavy (non-hydrogen) atoms. The molecule has 0 aromatic rings. The van der Waals surface area contributed by atoms with Crippen LogP contribution in [0.5, 0.6) is 0 Å². The summed E-state index contributed by atoms with van der Waals surface area (Å²) in [5.41, 5.74) is 0. The van der Waals surface area contributed by atoms with E-state index in [0.29, 0.717) is 0 Å². The highest BCUT2D eigenvalue weighted by Crippen LogP contribution is 2.08. The maximum Gasteiger partial charge on any atom is 0.182 e. The van der Waals surface area contributed by atoms with E-state index in [-0.39, 0.29) is 0 Å². The van der Waals surface area contributed by atoms with Gasteiger partial charge in [-0.15, -0.1) is 0 Å². The van der Waals surface area contributed by atoms with Gasteiger partial charge in [0.2, 0.25) is 0 Å². The highest BCUT2D eigenvalue weighted by Gasteiger charge is 2.13. The fourth-order valence-corrected chi connectivity index (χ4v) is 2.33. The molecule has 0 aliphatic rings. The van der Waals surface area contributed by atoms with Crippen molar-refractivity contribution in [2.24, 2.45) is 0 Å². The molecule has 0 fully saturated rings. The average molecular weight is 272 g/mol. The monoisotopic (exact) mass is 272 g/mol. The fraction of sp³-hybridized carbons (Fsp3) is 1.00. The van der Waals surface area contributed by atoms with Gasteiger partial charge in [0.1, 0.15) is 0 Å². The Balaban J connectivity index is 3.36. The van der Waals surface area contributed by atoms with E-state index in [4.69, 9.17) is 4.74 Å². The molecule has 0 saturated heterocycles. The summed E-state index contributed by atoms with van der Waals surface area (Å²) in [4.78, 5) is 0. The number of quaternary nitrogens is 1. The zero-order valence-corrected chi connectivity index (χ0v) is 14.0. The van der Waals surface area contributed by atoms with Crippen molar-refractivity contribution in [3.8, 4) is 0 Å². The number of ether oxygens (including phenoxy) is 1. The zero-order chi connectivity index (χ0) is 14.4. The van der Waals surface area contributed by atoms with Gasteiger partial charge in [0.25, 0.3) is 0 Å². The van der Waals surface area contributed by atoms with E-state index in [1.807, 2.05) is 0 Å². The lowest BCUT2D eigenvalue weighted by atomic mass is 10.1. The minimum atomic E-state index is 0.876. The van der Waals surface area contributed by atoms with E-state index in [1.165, 1.54) is 70.8 Å². The Labute approximate surface area is 122 Å². The fourth-order valence-electron chi connectivity index (χ4n) is 2.33. The van der Waals surface area contributed by atoms with Crippen molar-refractivity contribution in [2.45, 2.75) is 78.1 Å². The first kappa shape index (κ1) is 18.9. The Kier molecular flexibility index (Phi) is 12.9. The van der Waals surface area contributed by atoms with Crippen molar-refractivity contribution in [3.05, 3.63) is 0 Å². The first-order chi connectivity index (χ1) is 9.12. The first-order valence-corrected chi connectivity index (χ1v) is 8.52. The molecule has 0 unspecified atom stereocenters. The molecule has 0 amide bonds. The second-order valence-corrected chi connectivity index (χ2v) is 6.53. The molecule has 0 bridgehead atoms. The van der Waals surface area contributed by atoms with E-state index in [0.717, 1.165) is 17.8 Å². The van der Waals surface area contributed by atoms with Gasteiger partial charge in [-0.05, 0) is 19.3 Å². The summed E-state index contributed by atoms with van der Waals surface area (Å²) < 4.78 is 6.83. The third-order valence-corrected chi connectivity index (χ3v) is 3.70. The van der Waals surface area contributed by atoms with Crippen LogP contribution in [0.25, 0.3) is 0 Å². The first-order valence-electron chi connectivity index (χ1n) is 8.52. The summed E-state index contributed by atoms with van der Waals surface area (Å²) >= 11 is 0. The number of rotatable bonds is 14.